The Morgan fingerprint density at radius 3 is 2.68 bits per heavy atom. The standard InChI is InChI=1S/C18H29N3OS.C10H7NO.CH5N/c1-2-4-15(5-3-1)6-8-20-9-7-17-16(14-20)19-18(23-17)21-10-12-22-13-11-21;12-7-8-3-1-5-10-9(8)4-2-6-11-10;1-2/h15H,1-14H2;1-7H;2H2,1H3. The van der Waals surface area contributed by atoms with Gasteiger partial charge in [-0.15, -0.1) is 11.3 Å². The van der Waals surface area contributed by atoms with Crippen molar-refractivity contribution >= 4 is 33.7 Å². The fourth-order valence-corrected chi connectivity index (χ4v) is 6.50. The molecule has 8 heteroatoms. The van der Waals surface area contributed by atoms with Gasteiger partial charge in [0.2, 0.25) is 0 Å². The van der Waals surface area contributed by atoms with Crippen LogP contribution in [0.3, 0.4) is 0 Å². The number of hydrogen-bond donors (Lipinski definition) is 1. The number of aldehydes is 1. The van der Waals surface area contributed by atoms with Crippen LogP contribution in [0, 0.1) is 5.92 Å². The molecule has 0 amide bonds. The molecule has 1 saturated heterocycles. The van der Waals surface area contributed by atoms with Crippen LogP contribution >= 0.6 is 11.3 Å². The van der Waals surface area contributed by atoms with Gasteiger partial charge in [-0.1, -0.05) is 50.3 Å². The van der Waals surface area contributed by atoms with Gasteiger partial charge in [0, 0.05) is 48.2 Å². The zero-order valence-corrected chi connectivity index (χ0v) is 22.9. The van der Waals surface area contributed by atoms with E-state index in [1.165, 1.54) is 80.8 Å². The molecule has 1 aromatic carbocycles. The first-order chi connectivity index (χ1) is 18.3. The number of nitrogens with zero attached hydrogens (tertiary/aromatic N) is 4. The molecule has 200 valence electrons. The Kier molecular flexibility index (Phi) is 10.8. The summed E-state index contributed by atoms with van der Waals surface area (Å²) in [6, 6.07) is 9.24. The van der Waals surface area contributed by atoms with Crippen LogP contribution in [0.25, 0.3) is 10.9 Å². The molecule has 1 aliphatic carbocycles. The Morgan fingerprint density at radius 1 is 1.08 bits per heavy atom. The van der Waals surface area contributed by atoms with Crippen molar-refractivity contribution in [3.8, 4) is 0 Å². The summed E-state index contributed by atoms with van der Waals surface area (Å²) in [6.07, 6.45) is 12.5. The number of benzene rings is 1. The molecule has 37 heavy (non-hydrogen) atoms. The molecule has 2 aliphatic heterocycles. The molecular formula is C29H41N5O2S. The Bertz CT molecular complexity index is 1100. The molecule has 2 aromatic heterocycles. The summed E-state index contributed by atoms with van der Waals surface area (Å²) >= 11 is 1.92. The van der Waals surface area contributed by atoms with Crippen molar-refractivity contribution in [2.75, 3.05) is 51.3 Å². The van der Waals surface area contributed by atoms with E-state index in [1.54, 1.807) is 12.3 Å². The van der Waals surface area contributed by atoms with Crippen LogP contribution < -0.4 is 10.6 Å². The van der Waals surface area contributed by atoms with Gasteiger partial charge < -0.3 is 15.4 Å². The second-order valence-electron chi connectivity index (χ2n) is 9.82. The maximum Gasteiger partial charge on any atom is 0.185 e. The van der Waals surface area contributed by atoms with Crippen LogP contribution in [-0.4, -0.2) is 67.6 Å². The van der Waals surface area contributed by atoms with Crippen LogP contribution in [0.1, 0.15) is 59.5 Å². The van der Waals surface area contributed by atoms with Crippen molar-refractivity contribution in [2.45, 2.75) is 51.5 Å². The molecule has 0 radical (unpaired) electrons. The highest BCUT2D eigenvalue weighted by atomic mass is 32.1. The maximum absolute atomic E-state index is 10.6. The summed E-state index contributed by atoms with van der Waals surface area (Å²) in [5, 5.41) is 2.14. The first kappa shape index (κ1) is 27.6. The van der Waals surface area contributed by atoms with Crippen LogP contribution in [0.5, 0.6) is 0 Å². The molecule has 7 nitrogen and oxygen atoms in total. The first-order valence-electron chi connectivity index (χ1n) is 13.7. The largest absolute Gasteiger partial charge is 0.378 e. The van der Waals surface area contributed by atoms with E-state index in [0.717, 1.165) is 56.0 Å². The van der Waals surface area contributed by atoms with Gasteiger partial charge in [0.1, 0.15) is 0 Å². The zero-order valence-electron chi connectivity index (χ0n) is 22.1. The number of rotatable bonds is 5. The predicted octanol–water partition coefficient (Wildman–Crippen LogP) is 4.93. The fraction of sp³-hybridized carbons (Fsp3) is 0.552. The quantitative estimate of drug-likeness (QED) is 0.475. The number of ether oxygens (including phenoxy) is 1. The number of hydrogen-bond acceptors (Lipinski definition) is 8. The van der Waals surface area contributed by atoms with Crippen molar-refractivity contribution in [3.05, 3.63) is 52.7 Å². The maximum atomic E-state index is 10.6. The minimum Gasteiger partial charge on any atom is -0.378 e. The Morgan fingerprint density at radius 2 is 1.89 bits per heavy atom. The monoisotopic (exact) mass is 523 g/mol. The minimum atomic E-state index is 0.695. The van der Waals surface area contributed by atoms with E-state index in [0.29, 0.717) is 5.56 Å². The van der Waals surface area contributed by atoms with Gasteiger partial charge in [0.05, 0.1) is 24.4 Å². The molecule has 0 spiro atoms. The van der Waals surface area contributed by atoms with Gasteiger partial charge in [0.15, 0.2) is 11.4 Å². The molecule has 4 heterocycles. The van der Waals surface area contributed by atoms with Crippen molar-refractivity contribution in [1.82, 2.24) is 14.9 Å². The average Bonchev–Trinajstić information content (AvgIpc) is 3.42. The lowest BCUT2D eigenvalue weighted by Crippen LogP contribution is -2.36. The number of carbonyl (C=O) groups excluding carboxylic acids is 1. The van der Waals surface area contributed by atoms with Crippen molar-refractivity contribution < 1.29 is 9.53 Å². The molecule has 3 aromatic rings. The molecule has 0 atom stereocenters. The van der Waals surface area contributed by atoms with Gasteiger partial charge in [-0.2, -0.15) is 0 Å². The van der Waals surface area contributed by atoms with E-state index in [1.807, 2.05) is 35.6 Å². The van der Waals surface area contributed by atoms with Crippen molar-refractivity contribution in [1.29, 1.82) is 0 Å². The number of anilines is 1. The summed E-state index contributed by atoms with van der Waals surface area (Å²) in [7, 11) is 1.50. The topological polar surface area (TPSA) is 84.6 Å². The van der Waals surface area contributed by atoms with Crippen molar-refractivity contribution in [3.63, 3.8) is 0 Å². The Hall–Kier alpha value is -2.39. The van der Waals surface area contributed by atoms with Crippen LogP contribution in [0.4, 0.5) is 5.13 Å². The highest BCUT2D eigenvalue weighted by molar-refractivity contribution is 7.15. The highest BCUT2D eigenvalue weighted by Crippen LogP contribution is 2.32. The van der Waals surface area contributed by atoms with Crippen molar-refractivity contribution in [2.24, 2.45) is 11.7 Å². The molecule has 3 aliphatic rings. The molecule has 6 rings (SSSR count). The third-order valence-electron chi connectivity index (χ3n) is 7.46. The normalized spacial score (nSPS) is 18.3. The number of nitrogens with two attached hydrogens (primary N) is 1. The van der Waals surface area contributed by atoms with E-state index < -0.39 is 0 Å². The van der Waals surface area contributed by atoms with Gasteiger partial charge in [0.25, 0.3) is 0 Å². The summed E-state index contributed by atoms with van der Waals surface area (Å²) in [5.41, 5.74) is 7.41. The van der Waals surface area contributed by atoms with E-state index in [9.17, 15) is 4.79 Å². The summed E-state index contributed by atoms with van der Waals surface area (Å²) in [4.78, 5) is 26.3. The number of aromatic nitrogens is 2. The lowest BCUT2D eigenvalue weighted by Gasteiger charge is -2.29. The second kappa shape index (κ2) is 14.5. The van der Waals surface area contributed by atoms with E-state index in [4.69, 9.17) is 9.72 Å². The molecular weight excluding hydrogens is 482 g/mol. The van der Waals surface area contributed by atoms with Crippen LogP contribution in [0.15, 0.2) is 36.5 Å². The van der Waals surface area contributed by atoms with Crippen LogP contribution in [0.2, 0.25) is 0 Å². The molecule has 0 bridgehead atoms. The molecule has 2 N–H and O–H groups in total. The van der Waals surface area contributed by atoms with Gasteiger partial charge >= 0.3 is 0 Å². The summed E-state index contributed by atoms with van der Waals surface area (Å²) < 4.78 is 5.46. The Labute approximate surface area is 225 Å². The molecule has 2 fully saturated rings. The van der Waals surface area contributed by atoms with E-state index in [-0.39, 0.29) is 0 Å². The van der Waals surface area contributed by atoms with E-state index in [2.05, 4.69) is 20.5 Å². The third-order valence-corrected chi connectivity index (χ3v) is 8.68. The summed E-state index contributed by atoms with van der Waals surface area (Å²) in [5.74, 6) is 0.990. The smallest absolute Gasteiger partial charge is 0.185 e. The third kappa shape index (κ3) is 7.57. The Balaban J connectivity index is 0.000000192. The minimum absolute atomic E-state index is 0.695. The number of thiazole rings is 1. The van der Waals surface area contributed by atoms with E-state index >= 15 is 0 Å². The lowest BCUT2D eigenvalue weighted by molar-refractivity contribution is 0.112. The van der Waals surface area contributed by atoms with Crippen LogP contribution in [-0.2, 0) is 17.7 Å². The summed E-state index contributed by atoms with van der Waals surface area (Å²) in [6.45, 7) is 7.26. The predicted molar refractivity (Wildman–Crippen MR) is 153 cm³/mol. The highest BCUT2D eigenvalue weighted by Gasteiger charge is 2.24. The van der Waals surface area contributed by atoms with Gasteiger partial charge in [-0.25, -0.2) is 4.98 Å². The molecule has 0 unspecified atom stereocenters. The van der Waals surface area contributed by atoms with Gasteiger partial charge in [-0.05, 0) is 44.5 Å². The molecule has 1 saturated carbocycles. The lowest BCUT2D eigenvalue weighted by atomic mass is 9.87. The number of carbonyl (C=O) groups is 1. The number of pyridine rings is 1. The first-order valence-corrected chi connectivity index (χ1v) is 14.5. The average molecular weight is 524 g/mol. The number of morpholine rings is 1. The zero-order chi connectivity index (χ0) is 25.9. The number of fused-ring (bicyclic) bond motifs is 2. The van der Waals surface area contributed by atoms with Gasteiger partial charge in [-0.3, -0.25) is 14.7 Å². The fourth-order valence-electron chi connectivity index (χ4n) is 5.39. The second-order valence-corrected chi connectivity index (χ2v) is 10.9. The SMILES string of the molecule is C1CCC(CCN2CCc3sc(N4CCOCC4)nc3C2)CC1.CN.O=Cc1cccc2ncccc12.